The van der Waals surface area contributed by atoms with Crippen LogP contribution in [-0.4, -0.2) is 29.5 Å². The summed E-state index contributed by atoms with van der Waals surface area (Å²) >= 11 is 0. The number of carbonyl (C=O) groups is 1. The monoisotopic (exact) mass is 274 g/mol. The second-order valence-electron chi connectivity index (χ2n) is 5.91. The number of carbonyl (C=O) groups excluding carboxylic acids is 1. The maximum atomic E-state index is 11.8. The molecule has 2 heterocycles. The second-order valence-corrected chi connectivity index (χ2v) is 5.91. The number of anilines is 1. The molecule has 0 bridgehead atoms. The minimum Gasteiger partial charge on any atom is -0.357 e. The van der Waals surface area contributed by atoms with Crippen LogP contribution in [-0.2, 0) is 11.3 Å². The number of amides is 1. The van der Waals surface area contributed by atoms with Gasteiger partial charge in [0.15, 0.2) is 0 Å². The lowest BCUT2D eigenvalue weighted by atomic mass is 10.1. The molecule has 1 saturated carbocycles. The van der Waals surface area contributed by atoms with Gasteiger partial charge in [-0.05, 0) is 49.8 Å². The van der Waals surface area contributed by atoms with Crippen molar-refractivity contribution < 1.29 is 4.79 Å². The van der Waals surface area contributed by atoms with Crippen LogP contribution in [0.25, 0.3) is 0 Å². The summed E-state index contributed by atoms with van der Waals surface area (Å²) in [6, 6.07) is 4.02. The molecule has 0 atom stereocenters. The van der Waals surface area contributed by atoms with E-state index in [4.69, 9.17) is 5.73 Å². The lowest BCUT2D eigenvalue weighted by Gasteiger charge is -2.28. The molecular formula is C15H22N4O. The summed E-state index contributed by atoms with van der Waals surface area (Å²) in [6.07, 6.45) is 7.20. The van der Waals surface area contributed by atoms with Crippen molar-refractivity contribution in [3.63, 3.8) is 0 Å². The fraction of sp³-hybridized carbons (Fsp3) is 0.600. The molecule has 2 fully saturated rings. The zero-order valence-corrected chi connectivity index (χ0v) is 11.8. The van der Waals surface area contributed by atoms with Gasteiger partial charge >= 0.3 is 0 Å². The molecule has 0 aromatic carbocycles. The number of nitrogens with one attached hydrogen (secondary N) is 1. The van der Waals surface area contributed by atoms with E-state index in [0.29, 0.717) is 6.54 Å². The third-order valence-electron chi connectivity index (χ3n) is 4.18. The molecule has 1 aliphatic heterocycles. The Bertz CT molecular complexity index is 492. The number of piperidine rings is 1. The summed E-state index contributed by atoms with van der Waals surface area (Å²) in [7, 11) is 0. The minimum absolute atomic E-state index is 0.0335. The number of pyridine rings is 1. The summed E-state index contributed by atoms with van der Waals surface area (Å²) in [5.74, 6) is 0.985. The average Bonchev–Trinajstić information content (AvgIpc) is 3.25. The minimum atomic E-state index is -0.595. The van der Waals surface area contributed by atoms with E-state index in [-0.39, 0.29) is 5.91 Å². The van der Waals surface area contributed by atoms with E-state index in [1.165, 1.54) is 19.3 Å². The van der Waals surface area contributed by atoms with Crippen LogP contribution in [0.15, 0.2) is 18.3 Å². The molecular weight excluding hydrogens is 252 g/mol. The SMILES string of the molecule is NC1(C(=O)NCc2ccnc(N3CCCCC3)c2)CC1. The standard InChI is InChI=1S/C15H22N4O/c16-15(5-6-15)14(20)18-11-12-4-7-17-13(10-12)19-8-2-1-3-9-19/h4,7,10H,1-3,5-6,8-9,11,16H2,(H,18,20). The van der Waals surface area contributed by atoms with Gasteiger partial charge in [-0.15, -0.1) is 0 Å². The summed E-state index contributed by atoms with van der Waals surface area (Å²) in [5.41, 5.74) is 6.36. The number of hydrogen-bond acceptors (Lipinski definition) is 4. The molecule has 1 aromatic rings. The van der Waals surface area contributed by atoms with E-state index in [2.05, 4.69) is 21.3 Å². The molecule has 3 rings (SSSR count). The van der Waals surface area contributed by atoms with Crippen LogP contribution in [0.1, 0.15) is 37.7 Å². The molecule has 5 nitrogen and oxygen atoms in total. The number of nitrogens with zero attached hydrogens (tertiary/aromatic N) is 2. The lowest BCUT2D eigenvalue weighted by molar-refractivity contribution is -0.123. The quantitative estimate of drug-likeness (QED) is 0.865. The molecule has 5 heteroatoms. The highest BCUT2D eigenvalue weighted by molar-refractivity contribution is 5.88. The summed E-state index contributed by atoms with van der Waals surface area (Å²) in [5, 5.41) is 2.92. The first-order valence-corrected chi connectivity index (χ1v) is 7.44. The van der Waals surface area contributed by atoms with Crippen LogP contribution in [0.2, 0.25) is 0 Å². The zero-order valence-electron chi connectivity index (χ0n) is 11.8. The van der Waals surface area contributed by atoms with E-state index < -0.39 is 5.54 Å². The van der Waals surface area contributed by atoms with Crippen molar-refractivity contribution in [2.45, 2.75) is 44.2 Å². The van der Waals surface area contributed by atoms with E-state index in [9.17, 15) is 4.79 Å². The first-order valence-electron chi connectivity index (χ1n) is 7.44. The Morgan fingerprint density at radius 2 is 2.10 bits per heavy atom. The Labute approximate surface area is 119 Å². The van der Waals surface area contributed by atoms with Gasteiger partial charge in [0.2, 0.25) is 5.91 Å². The van der Waals surface area contributed by atoms with Gasteiger partial charge in [0.25, 0.3) is 0 Å². The largest absolute Gasteiger partial charge is 0.357 e. The van der Waals surface area contributed by atoms with Crippen LogP contribution >= 0.6 is 0 Å². The maximum Gasteiger partial charge on any atom is 0.240 e. The molecule has 2 aliphatic rings. The first kappa shape index (κ1) is 13.4. The Morgan fingerprint density at radius 3 is 2.80 bits per heavy atom. The van der Waals surface area contributed by atoms with Crippen molar-refractivity contribution in [3.05, 3.63) is 23.9 Å². The molecule has 0 radical (unpaired) electrons. The fourth-order valence-corrected chi connectivity index (χ4v) is 2.59. The van der Waals surface area contributed by atoms with Gasteiger partial charge in [0.05, 0.1) is 5.54 Å². The maximum absolute atomic E-state index is 11.8. The Morgan fingerprint density at radius 1 is 1.35 bits per heavy atom. The average molecular weight is 274 g/mol. The molecule has 3 N–H and O–H groups in total. The van der Waals surface area contributed by atoms with Crippen molar-refractivity contribution in [2.75, 3.05) is 18.0 Å². The third-order valence-corrected chi connectivity index (χ3v) is 4.18. The van der Waals surface area contributed by atoms with Crippen LogP contribution in [0, 0.1) is 0 Å². The molecule has 1 amide bonds. The Balaban J connectivity index is 1.60. The third kappa shape index (κ3) is 2.93. The predicted molar refractivity (Wildman–Crippen MR) is 78.3 cm³/mol. The lowest BCUT2D eigenvalue weighted by Crippen LogP contribution is -2.42. The zero-order chi connectivity index (χ0) is 14.0. The molecule has 0 unspecified atom stereocenters. The highest BCUT2D eigenvalue weighted by Crippen LogP contribution is 2.32. The van der Waals surface area contributed by atoms with E-state index in [1.54, 1.807) is 0 Å². The van der Waals surface area contributed by atoms with Gasteiger partial charge in [-0.3, -0.25) is 4.79 Å². The molecule has 1 aromatic heterocycles. The normalized spacial score (nSPS) is 20.6. The van der Waals surface area contributed by atoms with Gasteiger partial charge in [-0.2, -0.15) is 0 Å². The van der Waals surface area contributed by atoms with Crippen LogP contribution < -0.4 is 16.0 Å². The number of hydrogen-bond donors (Lipinski definition) is 2. The smallest absolute Gasteiger partial charge is 0.240 e. The predicted octanol–water partition coefficient (Wildman–Crippen LogP) is 1.18. The summed E-state index contributed by atoms with van der Waals surface area (Å²) in [4.78, 5) is 18.6. The van der Waals surface area contributed by atoms with E-state index in [1.807, 2.05) is 12.3 Å². The van der Waals surface area contributed by atoms with Gasteiger partial charge in [-0.25, -0.2) is 4.98 Å². The van der Waals surface area contributed by atoms with E-state index in [0.717, 1.165) is 37.3 Å². The second kappa shape index (κ2) is 5.40. The topological polar surface area (TPSA) is 71.2 Å². The summed E-state index contributed by atoms with van der Waals surface area (Å²) in [6.45, 7) is 2.69. The molecule has 20 heavy (non-hydrogen) atoms. The van der Waals surface area contributed by atoms with Gasteiger partial charge in [0.1, 0.15) is 5.82 Å². The van der Waals surface area contributed by atoms with Crippen molar-refractivity contribution >= 4 is 11.7 Å². The van der Waals surface area contributed by atoms with Crippen LogP contribution in [0.5, 0.6) is 0 Å². The fourth-order valence-electron chi connectivity index (χ4n) is 2.59. The number of rotatable bonds is 4. The van der Waals surface area contributed by atoms with Gasteiger partial charge in [-0.1, -0.05) is 0 Å². The number of aromatic nitrogens is 1. The van der Waals surface area contributed by atoms with Gasteiger partial charge in [0, 0.05) is 25.8 Å². The Kier molecular flexibility index (Phi) is 3.61. The molecule has 0 spiro atoms. The van der Waals surface area contributed by atoms with E-state index >= 15 is 0 Å². The van der Waals surface area contributed by atoms with Crippen molar-refractivity contribution in [1.82, 2.24) is 10.3 Å². The highest BCUT2D eigenvalue weighted by atomic mass is 16.2. The van der Waals surface area contributed by atoms with Crippen molar-refractivity contribution in [3.8, 4) is 0 Å². The molecule has 1 saturated heterocycles. The molecule has 1 aliphatic carbocycles. The van der Waals surface area contributed by atoms with Crippen molar-refractivity contribution in [2.24, 2.45) is 5.73 Å². The van der Waals surface area contributed by atoms with Crippen LogP contribution in [0.3, 0.4) is 0 Å². The summed E-state index contributed by atoms with van der Waals surface area (Å²) < 4.78 is 0. The molecule has 108 valence electrons. The van der Waals surface area contributed by atoms with Crippen molar-refractivity contribution in [1.29, 1.82) is 0 Å². The highest BCUT2D eigenvalue weighted by Gasteiger charge is 2.45. The number of nitrogens with two attached hydrogens (primary N) is 1. The first-order chi connectivity index (χ1) is 9.67. The van der Waals surface area contributed by atoms with Crippen LogP contribution in [0.4, 0.5) is 5.82 Å². The van der Waals surface area contributed by atoms with Gasteiger partial charge < -0.3 is 16.0 Å². The Hall–Kier alpha value is -1.62.